The van der Waals surface area contributed by atoms with Crippen molar-refractivity contribution in [2.24, 2.45) is 0 Å². The zero-order valence-corrected chi connectivity index (χ0v) is 10.6. The number of nitrogens with zero attached hydrogens (tertiary/aromatic N) is 2. The Hall–Kier alpha value is -1.68. The van der Waals surface area contributed by atoms with Crippen LogP contribution in [0.4, 0.5) is 4.39 Å². The molecular formula is C14H17FN2O. The predicted octanol–water partition coefficient (Wildman–Crippen LogP) is 2.49. The first-order chi connectivity index (χ1) is 8.53. The van der Waals surface area contributed by atoms with Crippen LogP contribution in [0.3, 0.4) is 0 Å². The molecule has 96 valence electrons. The second-order valence-corrected chi connectivity index (χ2v) is 4.61. The maximum Gasteiger partial charge on any atom is 0.123 e. The van der Waals surface area contributed by atoms with E-state index >= 15 is 0 Å². The average molecular weight is 248 g/mol. The van der Waals surface area contributed by atoms with Crippen LogP contribution in [0.2, 0.25) is 0 Å². The van der Waals surface area contributed by atoms with E-state index in [2.05, 4.69) is 5.10 Å². The topological polar surface area (TPSA) is 38.0 Å². The lowest BCUT2D eigenvalue weighted by Crippen LogP contribution is -2.28. The molecule has 2 aromatic rings. The minimum Gasteiger partial charge on any atom is -0.384 e. The summed E-state index contributed by atoms with van der Waals surface area (Å²) in [6, 6.07) is 8.00. The molecule has 1 aromatic carbocycles. The lowest BCUT2D eigenvalue weighted by atomic mass is 9.93. The Labute approximate surface area is 106 Å². The largest absolute Gasteiger partial charge is 0.384 e. The summed E-state index contributed by atoms with van der Waals surface area (Å²) < 4.78 is 14.6. The standard InChI is InChI=1S/C14H17FN2O/c1-3-17-13(8-9-16-17)14(2,18)10-11-4-6-12(15)7-5-11/h4-9,18H,3,10H2,1-2H3. The van der Waals surface area contributed by atoms with Crippen molar-refractivity contribution in [2.45, 2.75) is 32.4 Å². The molecule has 0 aliphatic carbocycles. The van der Waals surface area contributed by atoms with Crippen molar-refractivity contribution in [1.82, 2.24) is 9.78 Å². The third kappa shape index (κ3) is 2.59. The summed E-state index contributed by atoms with van der Waals surface area (Å²) in [6.45, 7) is 4.44. The fourth-order valence-corrected chi connectivity index (χ4v) is 2.13. The van der Waals surface area contributed by atoms with Gasteiger partial charge in [0.1, 0.15) is 11.4 Å². The predicted molar refractivity (Wildman–Crippen MR) is 67.6 cm³/mol. The first-order valence-electron chi connectivity index (χ1n) is 6.02. The number of aryl methyl sites for hydroxylation is 1. The van der Waals surface area contributed by atoms with E-state index in [4.69, 9.17) is 0 Å². The van der Waals surface area contributed by atoms with E-state index in [0.29, 0.717) is 13.0 Å². The van der Waals surface area contributed by atoms with Crippen LogP contribution in [0.25, 0.3) is 0 Å². The van der Waals surface area contributed by atoms with Crippen molar-refractivity contribution in [3.05, 3.63) is 53.6 Å². The lowest BCUT2D eigenvalue weighted by molar-refractivity contribution is 0.0480. The van der Waals surface area contributed by atoms with Crippen LogP contribution < -0.4 is 0 Å². The average Bonchev–Trinajstić information content (AvgIpc) is 2.81. The molecule has 1 unspecified atom stereocenters. The summed E-state index contributed by atoms with van der Waals surface area (Å²) in [4.78, 5) is 0. The number of benzene rings is 1. The molecule has 0 aliphatic rings. The summed E-state index contributed by atoms with van der Waals surface area (Å²) >= 11 is 0. The van der Waals surface area contributed by atoms with Crippen LogP contribution >= 0.6 is 0 Å². The molecule has 4 heteroatoms. The minimum absolute atomic E-state index is 0.267. The van der Waals surface area contributed by atoms with E-state index in [1.165, 1.54) is 12.1 Å². The van der Waals surface area contributed by atoms with Crippen molar-refractivity contribution in [2.75, 3.05) is 0 Å². The monoisotopic (exact) mass is 248 g/mol. The highest BCUT2D eigenvalue weighted by Gasteiger charge is 2.27. The van der Waals surface area contributed by atoms with Crippen molar-refractivity contribution in [1.29, 1.82) is 0 Å². The Kier molecular flexibility index (Phi) is 3.48. The van der Waals surface area contributed by atoms with Crippen LogP contribution in [-0.4, -0.2) is 14.9 Å². The Morgan fingerprint density at radius 2 is 1.94 bits per heavy atom. The molecule has 0 spiro atoms. The number of halogens is 1. The molecule has 0 saturated carbocycles. The zero-order chi connectivity index (χ0) is 13.2. The zero-order valence-electron chi connectivity index (χ0n) is 10.6. The van der Waals surface area contributed by atoms with Crippen molar-refractivity contribution in [3.8, 4) is 0 Å². The molecule has 2 rings (SSSR count). The number of hydrogen-bond acceptors (Lipinski definition) is 2. The van der Waals surface area contributed by atoms with Gasteiger partial charge in [-0.15, -0.1) is 0 Å². The van der Waals surface area contributed by atoms with E-state index in [1.807, 2.05) is 13.0 Å². The first-order valence-corrected chi connectivity index (χ1v) is 6.02. The summed E-state index contributed by atoms with van der Waals surface area (Å²) in [7, 11) is 0. The molecule has 0 fully saturated rings. The molecule has 0 saturated heterocycles. The first kappa shape index (κ1) is 12.8. The van der Waals surface area contributed by atoms with Gasteiger partial charge in [-0.05, 0) is 37.6 Å². The quantitative estimate of drug-likeness (QED) is 0.902. The van der Waals surface area contributed by atoms with Crippen molar-refractivity contribution in [3.63, 3.8) is 0 Å². The smallest absolute Gasteiger partial charge is 0.123 e. The van der Waals surface area contributed by atoms with Gasteiger partial charge in [0, 0.05) is 19.2 Å². The number of aromatic nitrogens is 2. The second kappa shape index (κ2) is 4.90. The second-order valence-electron chi connectivity index (χ2n) is 4.61. The fraction of sp³-hybridized carbons (Fsp3) is 0.357. The molecule has 0 aliphatic heterocycles. The minimum atomic E-state index is -1.01. The van der Waals surface area contributed by atoms with Crippen LogP contribution in [0, 0.1) is 5.82 Å². The highest BCUT2D eigenvalue weighted by atomic mass is 19.1. The maximum absolute atomic E-state index is 12.8. The molecule has 1 N–H and O–H groups in total. The van der Waals surface area contributed by atoms with Crippen LogP contribution in [0.15, 0.2) is 36.5 Å². The molecule has 3 nitrogen and oxygen atoms in total. The van der Waals surface area contributed by atoms with E-state index in [-0.39, 0.29) is 5.82 Å². The van der Waals surface area contributed by atoms with Gasteiger partial charge in [0.25, 0.3) is 0 Å². The van der Waals surface area contributed by atoms with Gasteiger partial charge < -0.3 is 5.11 Å². The summed E-state index contributed by atoms with van der Waals surface area (Å²) in [6.07, 6.45) is 2.11. The van der Waals surface area contributed by atoms with Crippen molar-refractivity contribution < 1.29 is 9.50 Å². The van der Waals surface area contributed by atoms with Gasteiger partial charge in [-0.2, -0.15) is 5.10 Å². The van der Waals surface area contributed by atoms with Gasteiger partial charge >= 0.3 is 0 Å². The molecule has 18 heavy (non-hydrogen) atoms. The number of hydrogen-bond donors (Lipinski definition) is 1. The number of aliphatic hydroxyl groups is 1. The van der Waals surface area contributed by atoms with E-state index in [9.17, 15) is 9.50 Å². The molecule has 1 aromatic heterocycles. The normalized spacial score (nSPS) is 14.4. The third-order valence-corrected chi connectivity index (χ3v) is 3.03. The molecule has 0 amide bonds. The molecule has 0 bridgehead atoms. The Balaban J connectivity index is 2.23. The Morgan fingerprint density at radius 1 is 1.28 bits per heavy atom. The van der Waals surface area contributed by atoms with Gasteiger partial charge in [-0.3, -0.25) is 4.68 Å². The Morgan fingerprint density at radius 3 is 2.56 bits per heavy atom. The van der Waals surface area contributed by atoms with Crippen molar-refractivity contribution >= 4 is 0 Å². The molecular weight excluding hydrogens is 231 g/mol. The Bertz CT molecular complexity index is 517. The summed E-state index contributed by atoms with van der Waals surface area (Å²) in [5.41, 5.74) is 0.657. The van der Waals surface area contributed by atoms with Gasteiger partial charge in [-0.1, -0.05) is 12.1 Å². The summed E-state index contributed by atoms with van der Waals surface area (Å²) in [5.74, 6) is -0.267. The molecule has 1 atom stereocenters. The molecule has 1 heterocycles. The van der Waals surface area contributed by atoms with Crippen LogP contribution in [0.1, 0.15) is 25.1 Å². The maximum atomic E-state index is 12.8. The van der Waals surface area contributed by atoms with Gasteiger partial charge in [0.05, 0.1) is 5.69 Å². The SMILES string of the molecule is CCn1nccc1C(C)(O)Cc1ccc(F)cc1. The van der Waals surface area contributed by atoms with E-state index in [0.717, 1.165) is 11.3 Å². The fourth-order valence-electron chi connectivity index (χ4n) is 2.13. The highest BCUT2D eigenvalue weighted by molar-refractivity contribution is 5.21. The third-order valence-electron chi connectivity index (χ3n) is 3.03. The van der Waals surface area contributed by atoms with Gasteiger partial charge in [0.2, 0.25) is 0 Å². The van der Waals surface area contributed by atoms with Gasteiger partial charge in [0.15, 0.2) is 0 Å². The lowest BCUT2D eigenvalue weighted by Gasteiger charge is -2.24. The molecule has 0 radical (unpaired) electrons. The summed E-state index contributed by atoms with van der Waals surface area (Å²) in [5, 5.41) is 14.7. The number of rotatable bonds is 4. The van der Waals surface area contributed by atoms with Crippen LogP contribution in [-0.2, 0) is 18.6 Å². The highest BCUT2D eigenvalue weighted by Crippen LogP contribution is 2.25. The van der Waals surface area contributed by atoms with Crippen LogP contribution in [0.5, 0.6) is 0 Å². The van der Waals surface area contributed by atoms with E-state index in [1.54, 1.807) is 29.9 Å². The van der Waals surface area contributed by atoms with Gasteiger partial charge in [-0.25, -0.2) is 4.39 Å². The van der Waals surface area contributed by atoms with E-state index < -0.39 is 5.60 Å².